The Labute approximate surface area is 69.3 Å². The molecule has 0 aromatic heterocycles. The van der Waals surface area contributed by atoms with E-state index in [4.69, 9.17) is 0 Å². The Morgan fingerprint density at radius 1 is 1.40 bits per heavy atom. The molecule has 1 aliphatic carbocycles. The predicted molar refractivity (Wildman–Crippen MR) is 47.7 cm³/mol. The molecule has 0 heterocycles. The maximum atomic E-state index is 3.66. The van der Waals surface area contributed by atoms with Crippen LogP contribution in [0.2, 0.25) is 0 Å². The number of hydrogen-bond acceptors (Lipinski definition) is 1. The van der Waals surface area contributed by atoms with Crippen LogP contribution < -0.4 is 5.32 Å². The molecule has 0 aromatic rings. The monoisotopic (exact) mass is 161 g/mol. The van der Waals surface area contributed by atoms with Gasteiger partial charge in [0.25, 0.3) is 0 Å². The molecular weight excluding hydrogens is 146 g/mol. The maximum absolute atomic E-state index is 3.66. The minimum absolute atomic E-state index is 0. The average molecular weight is 162 g/mol. The highest BCUT2D eigenvalue weighted by Gasteiger charge is 2.12. The van der Waals surface area contributed by atoms with E-state index >= 15 is 0 Å². The third kappa shape index (κ3) is 3.23. The van der Waals surface area contributed by atoms with E-state index in [9.17, 15) is 0 Å². The molecule has 0 atom stereocenters. The number of hydrogen-bond donors (Lipinski definition) is 1. The van der Waals surface area contributed by atoms with Gasteiger partial charge in [-0.1, -0.05) is 18.9 Å². The fraction of sp³-hybridized carbons (Fsp3) is 0.750. The summed E-state index contributed by atoms with van der Waals surface area (Å²) in [4.78, 5) is 0. The number of nitrogens with one attached hydrogen (secondary N) is 1. The van der Waals surface area contributed by atoms with E-state index in [2.05, 4.69) is 11.9 Å². The molecule has 1 saturated carbocycles. The molecule has 0 aromatic carbocycles. The molecule has 1 N–H and O–H groups in total. The molecule has 1 rings (SSSR count). The Kier molecular flexibility index (Phi) is 5.74. The largest absolute Gasteiger partial charge is 0.311 e. The third-order valence-corrected chi connectivity index (χ3v) is 1.91. The van der Waals surface area contributed by atoms with Gasteiger partial charge in [-0.05, 0) is 12.8 Å². The normalized spacial score (nSPS) is 18.4. The van der Waals surface area contributed by atoms with Crippen LogP contribution in [-0.2, 0) is 0 Å². The summed E-state index contributed by atoms with van der Waals surface area (Å²) in [5.41, 5.74) is 0. The molecule has 0 unspecified atom stereocenters. The van der Waals surface area contributed by atoms with Gasteiger partial charge in [0.2, 0.25) is 0 Å². The summed E-state index contributed by atoms with van der Waals surface area (Å²) < 4.78 is 0. The molecular formula is C8H16ClN. The highest BCUT2D eigenvalue weighted by Crippen LogP contribution is 2.16. The van der Waals surface area contributed by atoms with Crippen LogP contribution >= 0.6 is 12.4 Å². The minimum atomic E-state index is 0. The van der Waals surface area contributed by atoms with Crippen molar-refractivity contribution in [3.8, 4) is 0 Å². The van der Waals surface area contributed by atoms with Gasteiger partial charge in [-0.15, -0.1) is 19.0 Å². The van der Waals surface area contributed by atoms with Crippen LogP contribution in [0.15, 0.2) is 12.7 Å². The summed E-state index contributed by atoms with van der Waals surface area (Å²) in [6.45, 7) is 4.64. The smallest absolute Gasteiger partial charge is 0.0134 e. The molecule has 1 fully saturated rings. The molecule has 0 radical (unpaired) electrons. The Morgan fingerprint density at radius 3 is 2.50 bits per heavy atom. The van der Waals surface area contributed by atoms with E-state index in [1.54, 1.807) is 0 Å². The second-order valence-electron chi connectivity index (χ2n) is 2.68. The Balaban J connectivity index is 0.000000810. The first-order valence-corrected chi connectivity index (χ1v) is 3.78. The Morgan fingerprint density at radius 2 is 2.00 bits per heavy atom. The highest BCUT2D eigenvalue weighted by atomic mass is 35.5. The minimum Gasteiger partial charge on any atom is -0.311 e. The van der Waals surface area contributed by atoms with E-state index in [1.165, 1.54) is 25.7 Å². The summed E-state index contributed by atoms with van der Waals surface area (Å²) in [5, 5.41) is 3.41. The summed E-state index contributed by atoms with van der Waals surface area (Å²) in [6, 6.07) is 0.794. The van der Waals surface area contributed by atoms with Crippen molar-refractivity contribution >= 4 is 12.4 Å². The second kappa shape index (κ2) is 5.75. The summed E-state index contributed by atoms with van der Waals surface area (Å²) in [5.74, 6) is 0. The lowest BCUT2D eigenvalue weighted by Crippen LogP contribution is -2.25. The van der Waals surface area contributed by atoms with Crippen molar-refractivity contribution in [2.24, 2.45) is 0 Å². The van der Waals surface area contributed by atoms with Crippen LogP contribution in [0.25, 0.3) is 0 Å². The Hall–Kier alpha value is -0.0100. The predicted octanol–water partition coefficient (Wildman–Crippen LogP) is 2.13. The van der Waals surface area contributed by atoms with Crippen molar-refractivity contribution in [1.29, 1.82) is 0 Å². The van der Waals surface area contributed by atoms with Gasteiger partial charge in [0.05, 0.1) is 0 Å². The first kappa shape index (κ1) is 9.99. The first-order valence-electron chi connectivity index (χ1n) is 3.78. The van der Waals surface area contributed by atoms with E-state index in [0.29, 0.717) is 0 Å². The van der Waals surface area contributed by atoms with E-state index in [0.717, 1.165) is 12.6 Å². The molecule has 0 saturated heterocycles. The highest BCUT2D eigenvalue weighted by molar-refractivity contribution is 5.85. The second-order valence-corrected chi connectivity index (χ2v) is 2.68. The molecule has 60 valence electrons. The fourth-order valence-corrected chi connectivity index (χ4v) is 1.38. The van der Waals surface area contributed by atoms with Gasteiger partial charge in [-0.2, -0.15) is 0 Å². The summed E-state index contributed by atoms with van der Waals surface area (Å²) in [7, 11) is 0. The molecule has 0 amide bonds. The van der Waals surface area contributed by atoms with Crippen molar-refractivity contribution in [1.82, 2.24) is 5.32 Å². The zero-order valence-corrected chi connectivity index (χ0v) is 7.12. The zero-order valence-electron chi connectivity index (χ0n) is 6.31. The molecule has 10 heavy (non-hydrogen) atoms. The average Bonchev–Trinajstić information content (AvgIpc) is 2.34. The quantitative estimate of drug-likeness (QED) is 0.626. The SMILES string of the molecule is C=CCNC1CCCC1.Cl. The summed E-state index contributed by atoms with van der Waals surface area (Å²) in [6.07, 6.45) is 7.49. The summed E-state index contributed by atoms with van der Waals surface area (Å²) >= 11 is 0. The third-order valence-electron chi connectivity index (χ3n) is 1.91. The van der Waals surface area contributed by atoms with E-state index in [-0.39, 0.29) is 12.4 Å². The van der Waals surface area contributed by atoms with Gasteiger partial charge in [-0.3, -0.25) is 0 Å². The topological polar surface area (TPSA) is 12.0 Å². The molecule has 0 spiro atoms. The van der Waals surface area contributed by atoms with Crippen LogP contribution in [-0.4, -0.2) is 12.6 Å². The van der Waals surface area contributed by atoms with Gasteiger partial charge in [0, 0.05) is 12.6 Å². The van der Waals surface area contributed by atoms with Crippen molar-refractivity contribution < 1.29 is 0 Å². The van der Waals surface area contributed by atoms with Crippen LogP contribution in [0.5, 0.6) is 0 Å². The van der Waals surface area contributed by atoms with Gasteiger partial charge < -0.3 is 5.32 Å². The van der Waals surface area contributed by atoms with Gasteiger partial charge in [0.1, 0.15) is 0 Å². The van der Waals surface area contributed by atoms with Crippen LogP contribution in [0.3, 0.4) is 0 Å². The molecule has 0 aliphatic heterocycles. The van der Waals surface area contributed by atoms with Crippen LogP contribution in [0, 0.1) is 0 Å². The van der Waals surface area contributed by atoms with E-state index < -0.39 is 0 Å². The van der Waals surface area contributed by atoms with Crippen molar-refractivity contribution in [3.05, 3.63) is 12.7 Å². The number of halogens is 1. The molecule has 1 nitrogen and oxygen atoms in total. The molecule has 0 bridgehead atoms. The molecule has 2 heteroatoms. The standard InChI is InChI=1S/C8H15N.ClH/c1-2-7-9-8-5-3-4-6-8;/h2,8-9H,1,3-7H2;1H. The lowest BCUT2D eigenvalue weighted by atomic mass is 10.2. The van der Waals surface area contributed by atoms with Crippen LogP contribution in [0.4, 0.5) is 0 Å². The van der Waals surface area contributed by atoms with Crippen molar-refractivity contribution in [2.75, 3.05) is 6.54 Å². The number of rotatable bonds is 3. The maximum Gasteiger partial charge on any atom is 0.0134 e. The van der Waals surface area contributed by atoms with Crippen LogP contribution in [0.1, 0.15) is 25.7 Å². The van der Waals surface area contributed by atoms with Gasteiger partial charge in [-0.25, -0.2) is 0 Å². The van der Waals surface area contributed by atoms with Crippen molar-refractivity contribution in [2.45, 2.75) is 31.7 Å². The Bertz CT molecular complexity index is 87.3. The van der Waals surface area contributed by atoms with E-state index in [1.807, 2.05) is 6.08 Å². The first-order chi connectivity index (χ1) is 4.43. The van der Waals surface area contributed by atoms with Crippen molar-refractivity contribution in [3.63, 3.8) is 0 Å². The van der Waals surface area contributed by atoms with Gasteiger partial charge >= 0.3 is 0 Å². The molecule has 1 aliphatic rings. The lowest BCUT2D eigenvalue weighted by molar-refractivity contribution is 0.557. The zero-order chi connectivity index (χ0) is 6.53. The lowest BCUT2D eigenvalue weighted by Gasteiger charge is -2.07. The van der Waals surface area contributed by atoms with Gasteiger partial charge in [0.15, 0.2) is 0 Å². The fourth-order valence-electron chi connectivity index (χ4n) is 1.38.